The molecule has 0 bridgehead atoms. The van der Waals surface area contributed by atoms with Crippen LogP contribution in [0.1, 0.15) is 36.1 Å². The normalized spacial score (nSPS) is 14.4. The summed E-state index contributed by atoms with van der Waals surface area (Å²) in [5, 5.41) is 9.26. The maximum absolute atomic E-state index is 12.9. The van der Waals surface area contributed by atoms with Crippen molar-refractivity contribution in [1.82, 2.24) is 4.90 Å². The third-order valence-electron chi connectivity index (χ3n) is 5.57. The molecule has 0 radical (unpaired) electrons. The first-order valence-corrected chi connectivity index (χ1v) is 12.0. The van der Waals surface area contributed by atoms with Crippen LogP contribution < -0.4 is 9.46 Å². The summed E-state index contributed by atoms with van der Waals surface area (Å²) in [6.07, 6.45) is 0.725. The van der Waals surface area contributed by atoms with Gasteiger partial charge in [-0.1, -0.05) is 49.4 Å². The number of nitriles is 1. The van der Waals surface area contributed by atoms with E-state index >= 15 is 0 Å². The largest absolute Gasteiger partial charge is 0.483 e. The van der Waals surface area contributed by atoms with Crippen molar-refractivity contribution in [2.45, 2.75) is 30.8 Å². The van der Waals surface area contributed by atoms with Gasteiger partial charge < -0.3 is 9.64 Å². The molecule has 3 aromatic rings. The summed E-state index contributed by atoms with van der Waals surface area (Å²) in [6.45, 7) is 2.22. The van der Waals surface area contributed by atoms with Crippen molar-refractivity contribution in [2.75, 3.05) is 11.3 Å². The van der Waals surface area contributed by atoms with Crippen LogP contribution in [0.15, 0.2) is 77.7 Å². The van der Waals surface area contributed by atoms with Gasteiger partial charge in [-0.2, -0.15) is 5.26 Å². The van der Waals surface area contributed by atoms with E-state index in [9.17, 15) is 18.5 Å². The minimum atomic E-state index is -3.97. The van der Waals surface area contributed by atoms with Gasteiger partial charge in [0.05, 0.1) is 18.2 Å². The number of nitrogens with one attached hydrogen (secondary N) is 1. The fraction of sp³-hybridized carbons (Fsp3) is 0.200. The van der Waals surface area contributed by atoms with Crippen LogP contribution in [-0.2, 0) is 21.4 Å². The third-order valence-corrected chi connectivity index (χ3v) is 7.01. The van der Waals surface area contributed by atoms with Crippen LogP contribution in [0, 0.1) is 11.3 Å². The topological polar surface area (TPSA) is 99.5 Å². The number of carbonyl (C=O) groups is 1. The molecule has 1 amide bonds. The van der Waals surface area contributed by atoms with E-state index in [0.29, 0.717) is 17.0 Å². The number of sulfonamides is 1. The average Bonchev–Trinajstić information content (AvgIpc) is 2.99. The van der Waals surface area contributed by atoms with E-state index in [1.165, 1.54) is 12.1 Å². The first-order valence-electron chi connectivity index (χ1n) is 10.5. The summed E-state index contributed by atoms with van der Waals surface area (Å²) in [7, 11) is -3.97. The van der Waals surface area contributed by atoms with Gasteiger partial charge in [0.15, 0.2) is 6.61 Å². The molecular formula is C25H23N3O4S. The smallest absolute Gasteiger partial charge is 0.263 e. The van der Waals surface area contributed by atoms with Gasteiger partial charge in [-0.3, -0.25) is 9.52 Å². The number of rotatable bonds is 6. The van der Waals surface area contributed by atoms with Crippen molar-refractivity contribution in [3.8, 4) is 11.8 Å². The van der Waals surface area contributed by atoms with Gasteiger partial charge in [0.1, 0.15) is 16.7 Å². The second-order valence-electron chi connectivity index (χ2n) is 7.68. The summed E-state index contributed by atoms with van der Waals surface area (Å²) < 4.78 is 34.1. The van der Waals surface area contributed by atoms with Crippen LogP contribution in [0.25, 0.3) is 0 Å². The Morgan fingerprint density at radius 2 is 1.82 bits per heavy atom. The van der Waals surface area contributed by atoms with Crippen LogP contribution in [-0.4, -0.2) is 25.8 Å². The van der Waals surface area contributed by atoms with Crippen molar-refractivity contribution < 1.29 is 17.9 Å². The van der Waals surface area contributed by atoms with E-state index in [1.54, 1.807) is 35.2 Å². The number of hydrogen-bond donors (Lipinski definition) is 1. The molecule has 1 aliphatic heterocycles. The van der Waals surface area contributed by atoms with Gasteiger partial charge in [-0.05, 0) is 42.3 Å². The van der Waals surface area contributed by atoms with Crippen LogP contribution >= 0.6 is 0 Å². The number of nitrogens with zero attached hydrogens (tertiary/aromatic N) is 2. The van der Waals surface area contributed by atoms with Gasteiger partial charge >= 0.3 is 0 Å². The molecular weight excluding hydrogens is 438 g/mol. The molecule has 0 fully saturated rings. The molecule has 1 N–H and O–H groups in total. The Labute approximate surface area is 193 Å². The molecule has 33 heavy (non-hydrogen) atoms. The van der Waals surface area contributed by atoms with E-state index in [2.05, 4.69) is 4.72 Å². The first-order chi connectivity index (χ1) is 15.9. The molecule has 168 valence electrons. The number of ether oxygens (including phenoxy) is 1. The highest BCUT2D eigenvalue weighted by atomic mass is 32.2. The summed E-state index contributed by atoms with van der Waals surface area (Å²) in [6, 6.07) is 22.5. The predicted octanol–water partition coefficient (Wildman–Crippen LogP) is 4.23. The number of benzene rings is 3. The lowest BCUT2D eigenvalue weighted by atomic mass is 10.0. The highest BCUT2D eigenvalue weighted by Gasteiger charge is 2.28. The van der Waals surface area contributed by atoms with Crippen LogP contribution in [0.3, 0.4) is 0 Å². The van der Waals surface area contributed by atoms with Crippen molar-refractivity contribution >= 4 is 21.6 Å². The molecule has 7 nitrogen and oxygen atoms in total. The van der Waals surface area contributed by atoms with Crippen LogP contribution in [0.4, 0.5) is 5.69 Å². The van der Waals surface area contributed by atoms with Crippen LogP contribution in [0.5, 0.6) is 5.75 Å². The summed E-state index contributed by atoms with van der Waals surface area (Å²) >= 11 is 0. The predicted molar refractivity (Wildman–Crippen MR) is 124 cm³/mol. The number of amides is 1. The quantitative estimate of drug-likeness (QED) is 0.592. The number of fused-ring (bicyclic) bond motifs is 1. The van der Waals surface area contributed by atoms with Crippen molar-refractivity contribution in [3.05, 3.63) is 89.5 Å². The summed E-state index contributed by atoms with van der Waals surface area (Å²) in [4.78, 5) is 14.6. The van der Waals surface area contributed by atoms with E-state index in [1.807, 2.05) is 43.3 Å². The van der Waals surface area contributed by atoms with E-state index in [0.717, 1.165) is 12.0 Å². The Bertz CT molecular complexity index is 1320. The zero-order chi connectivity index (χ0) is 23.4. The standard InChI is InChI=1S/C25H23N3O4S/c1-2-22(18-8-4-3-5-9-18)28-16-20-14-21(12-13-23(20)32-17-25(28)29)27-33(30,31)24-11-7-6-10-19(24)15-26/h3-14,22,27H,2,16-17H2,1H3. The lowest BCUT2D eigenvalue weighted by Gasteiger charge is -2.30. The fourth-order valence-electron chi connectivity index (χ4n) is 4.00. The summed E-state index contributed by atoms with van der Waals surface area (Å²) in [5.74, 6) is 0.404. The SMILES string of the molecule is CCC(c1ccccc1)N1Cc2cc(NS(=O)(=O)c3ccccc3C#N)ccc2OCC1=O. The number of carbonyl (C=O) groups excluding carboxylic acids is 1. The molecule has 1 unspecified atom stereocenters. The highest BCUT2D eigenvalue weighted by molar-refractivity contribution is 7.92. The molecule has 4 rings (SSSR count). The van der Waals surface area contributed by atoms with E-state index < -0.39 is 10.0 Å². The Hall–Kier alpha value is -3.83. The van der Waals surface area contributed by atoms with Crippen molar-refractivity contribution in [1.29, 1.82) is 5.26 Å². The molecule has 1 heterocycles. The average molecular weight is 462 g/mol. The molecule has 1 atom stereocenters. The third kappa shape index (κ3) is 4.69. The summed E-state index contributed by atoms with van der Waals surface area (Å²) in [5.41, 5.74) is 2.12. The molecule has 0 spiro atoms. The van der Waals surface area contributed by atoms with E-state index in [-0.39, 0.29) is 35.6 Å². The first kappa shape index (κ1) is 22.4. The number of hydrogen-bond acceptors (Lipinski definition) is 5. The molecule has 1 aliphatic rings. The fourth-order valence-corrected chi connectivity index (χ4v) is 5.21. The Kier molecular flexibility index (Phi) is 6.33. The molecule has 0 saturated heterocycles. The van der Waals surface area contributed by atoms with Crippen molar-refractivity contribution in [3.63, 3.8) is 0 Å². The zero-order valence-corrected chi connectivity index (χ0v) is 18.9. The molecule has 0 aromatic heterocycles. The Morgan fingerprint density at radius 3 is 2.55 bits per heavy atom. The monoisotopic (exact) mass is 461 g/mol. The molecule has 3 aromatic carbocycles. The minimum Gasteiger partial charge on any atom is -0.483 e. The second kappa shape index (κ2) is 9.35. The molecule has 0 saturated carbocycles. The lowest BCUT2D eigenvalue weighted by molar-refractivity contribution is -0.135. The maximum Gasteiger partial charge on any atom is 0.263 e. The Balaban J connectivity index is 1.65. The van der Waals surface area contributed by atoms with Crippen molar-refractivity contribution in [2.24, 2.45) is 0 Å². The minimum absolute atomic E-state index is 0.0634. The zero-order valence-electron chi connectivity index (χ0n) is 18.1. The van der Waals surface area contributed by atoms with Gasteiger partial charge in [-0.15, -0.1) is 0 Å². The van der Waals surface area contributed by atoms with Gasteiger partial charge in [0.2, 0.25) is 0 Å². The van der Waals surface area contributed by atoms with Gasteiger partial charge in [0, 0.05) is 11.3 Å². The van der Waals surface area contributed by atoms with E-state index in [4.69, 9.17) is 4.74 Å². The highest BCUT2D eigenvalue weighted by Crippen LogP contribution is 2.33. The lowest BCUT2D eigenvalue weighted by Crippen LogP contribution is -2.35. The number of anilines is 1. The Morgan fingerprint density at radius 1 is 1.09 bits per heavy atom. The van der Waals surface area contributed by atoms with Gasteiger partial charge in [-0.25, -0.2) is 8.42 Å². The molecule has 0 aliphatic carbocycles. The maximum atomic E-state index is 12.9. The van der Waals surface area contributed by atoms with Crippen LogP contribution in [0.2, 0.25) is 0 Å². The van der Waals surface area contributed by atoms with Gasteiger partial charge in [0.25, 0.3) is 15.9 Å². The molecule has 8 heteroatoms. The second-order valence-corrected chi connectivity index (χ2v) is 9.33.